The predicted molar refractivity (Wildman–Crippen MR) is 198 cm³/mol. The van der Waals surface area contributed by atoms with Crippen LogP contribution in [-0.4, -0.2) is 0 Å². The lowest BCUT2D eigenvalue weighted by molar-refractivity contribution is 0.669. The maximum atomic E-state index is 6.41. The number of furan rings is 1. The third kappa shape index (κ3) is 4.19. The Labute approximate surface area is 277 Å². The van der Waals surface area contributed by atoms with Gasteiger partial charge in [-0.15, -0.1) is 0 Å². The Kier molecular flexibility index (Phi) is 6.19. The lowest BCUT2D eigenvalue weighted by Gasteiger charge is -2.22. The number of hydrogen-bond acceptors (Lipinski definition) is 1. The molecule has 0 aliphatic rings. The second-order valence-electron chi connectivity index (χ2n) is 11.5. The standard InChI is InChI=1S/C42H24Br2O/c43-27-18-20-29-30-21-19-28(44)23-35(30)42-39(26-12-5-2-6-13-26)36(24-33(41(42)34(29)22-27)25-10-3-1-4-11-25)31-15-9-17-38-40(31)32-14-7-8-16-37(32)45-38/h1-24H. The van der Waals surface area contributed by atoms with Crippen molar-refractivity contribution in [2.45, 2.75) is 0 Å². The Bertz CT molecular complexity index is 2600. The normalized spacial score (nSPS) is 11.8. The number of rotatable bonds is 3. The summed E-state index contributed by atoms with van der Waals surface area (Å²) in [6, 6.07) is 52.3. The van der Waals surface area contributed by atoms with Gasteiger partial charge >= 0.3 is 0 Å². The highest BCUT2D eigenvalue weighted by molar-refractivity contribution is 9.10. The number of benzene rings is 8. The summed E-state index contributed by atoms with van der Waals surface area (Å²) in [5.74, 6) is 0. The van der Waals surface area contributed by atoms with E-state index in [4.69, 9.17) is 4.42 Å². The Balaban J connectivity index is 1.61. The Morgan fingerprint density at radius 1 is 0.356 bits per heavy atom. The van der Waals surface area contributed by atoms with Gasteiger partial charge in [0.2, 0.25) is 0 Å². The maximum absolute atomic E-state index is 6.41. The van der Waals surface area contributed by atoms with Crippen molar-refractivity contribution in [3.8, 4) is 33.4 Å². The fraction of sp³-hybridized carbons (Fsp3) is 0. The molecule has 0 atom stereocenters. The summed E-state index contributed by atoms with van der Waals surface area (Å²) < 4.78 is 8.53. The zero-order chi connectivity index (χ0) is 30.1. The summed E-state index contributed by atoms with van der Waals surface area (Å²) in [6.07, 6.45) is 0. The average Bonchev–Trinajstić information content (AvgIpc) is 3.47. The van der Waals surface area contributed by atoms with Crippen LogP contribution in [0.15, 0.2) is 159 Å². The van der Waals surface area contributed by atoms with Crippen molar-refractivity contribution in [2.24, 2.45) is 0 Å². The van der Waals surface area contributed by atoms with Crippen LogP contribution < -0.4 is 0 Å². The van der Waals surface area contributed by atoms with Crippen molar-refractivity contribution in [2.75, 3.05) is 0 Å². The van der Waals surface area contributed by atoms with Gasteiger partial charge in [0.1, 0.15) is 11.2 Å². The first-order valence-corrected chi connectivity index (χ1v) is 16.6. The van der Waals surface area contributed by atoms with Gasteiger partial charge in [-0.05, 0) is 108 Å². The fourth-order valence-corrected chi connectivity index (χ4v) is 7.83. The molecule has 0 radical (unpaired) electrons. The zero-order valence-electron chi connectivity index (χ0n) is 24.0. The monoisotopic (exact) mass is 702 g/mol. The van der Waals surface area contributed by atoms with Gasteiger partial charge in [-0.2, -0.15) is 0 Å². The molecule has 0 unspecified atom stereocenters. The van der Waals surface area contributed by atoms with Crippen molar-refractivity contribution >= 4 is 86.1 Å². The summed E-state index contributed by atoms with van der Waals surface area (Å²) in [4.78, 5) is 0. The predicted octanol–water partition coefficient (Wildman–Crippen LogP) is 13.6. The molecule has 0 spiro atoms. The van der Waals surface area contributed by atoms with Gasteiger partial charge in [-0.25, -0.2) is 0 Å². The van der Waals surface area contributed by atoms with Crippen LogP contribution in [0.4, 0.5) is 0 Å². The van der Waals surface area contributed by atoms with Crippen molar-refractivity contribution in [1.29, 1.82) is 0 Å². The van der Waals surface area contributed by atoms with Crippen LogP contribution in [0.25, 0.3) is 87.6 Å². The molecule has 212 valence electrons. The molecule has 1 aromatic heterocycles. The smallest absolute Gasteiger partial charge is 0.136 e. The molecule has 0 aliphatic carbocycles. The van der Waals surface area contributed by atoms with E-state index in [2.05, 4.69) is 171 Å². The van der Waals surface area contributed by atoms with Crippen molar-refractivity contribution in [3.05, 3.63) is 155 Å². The first-order chi connectivity index (χ1) is 22.2. The van der Waals surface area contributed by atoms with E-state index in [-0.39, 0.29) is 0 Å². The SMILES string of the molecule is Brc1ccc2c3ccc(Br)cc3c3c(-c4ccccc4)c(-c4cccc5oc6ccccc6c45)cc(-c4ccccc4)c3c2c1. The Morgan fingerprint density at radius 2 is 0.956 bits per heavy atom. The molecular formula is C42H24Br2O. The molecular weight excluding hydrogens is 680 g/mol. The molecule has 1 heterocycles. The van der Waals surface area contributed by atoms with Gasteiger partial charge < -0.3 is 4.42 Å². The molecule has 0 aliphatic heterocycles. The van der Waals surface area contributed by atoms with E-state index in [0.717, 1.165) is 36.4 Å². The van der Waals surface area contributed by atoms with Crippen LogP contribution in [0.5, 0.6) is 0 Å². The molecule has 1 nitrogen and oxygen atoms in total. The van der Waals surface area contributed by atoms with Gasteiger partial charge in [0, 0.05) is 19.7 Å². The molecule has 9 rings (SSSR count). The molecule has 0 N–H and O–H groups in total. The van der Waals surface area contributed by atoms with Crippen LogP contribution in [0, 0.1) is 0 Å². The average molecular weight is 704 g/mol. The van der Waals surface area contributed by atoms with Crippen LogP contribution >= 0.6 is 31.9 Å². The topological polar surface area (TPSA) is 13.1 Å². The van der Waals surface area contributed by atoms with E-state index < -0.39 is 0 Å². The molecule has 0 saturated heterocycles. The summed E-state index contributed by atoms with van der Waals surface area (Å²) in [5, 5.41) is 9.66. The summed E-state index contributed by atoms with van der Waals surface area (Å²) in [6.45, 7) is 0. The highest BCUT2D eigenvalue weighted by Crippen LogP contribution is 2.51. The van der Waals surface area contributed by atoms with E-state index in [1.54, 1.807) is 0 Å². The number of halogens is 2. The van der Waals surface area contributed by atoms with Crippen LogP contribution in [0.1, 0.15) is 0 Å². The largest absolute Gasteiger partial charge is 0.456 e. The first-order valence-electron chi connectivity index (χ1n) is 15.0. The molecule has 0 saturated carbocycles. The third-order valence-corrected chi connectivity index (χ3v) is 9.95. The van der Waals surface area contributed by atoms with Gasteiger partial charge in [-0.1, -0.05) is 135 Å². The van der Waals surface area contributed by atoms with Gasteiger partial charge in [-0.3, -0.25) is 0 Å². The van der Waals surface area contributed by atoms with E-state index in [9.17, 15) is 0 Å². The van der Waals surface area contributed by atoms with Gasteiger partial charge in [0.05, 0.1) is 0 Å². The number of hydrogen-bond donors (Lipinski definition) is 0. The molecule has 45 heavy (non-hydrogen) atoms. The molecule has 0 bridgehead atoms. The summed E-state index contributed by atoms with van der Waals surface area (Å²) in [7, 11) is 0. The minimum Gasteiger partial charge on any atom is -0.456 e. The maximum Gasteiger partial charge on any atom is 0.136 e. The number of fused-ring (bicyclic) bond motifs is 9. The van der Waals surface area contributed by atoms with E-state index >= 15 is 0 Å². The molecule has 9 aromatic rings. The highest BCUT2D eigenvalue weighted by atomic mass is 79.9. The van der Waals surface area contributed by atoms with Crippen LogP contribution in [-0.2, 0) is 0 Å². The second-order valence-corrected chi connectivity index (χ2v) is 13.3. The zero-order valence-corrected chi connectivity index (χ0v) is 27.2. The highest BCUT2D eigenvalue weighted by Gasteiger charge is 2.23. The molecule has 0 fully saturated rings. The summed E-state index contributed by atoms with van der Waals surface area (Å²) >= 11 is 7.65. The third-order valence-electron chi connectivity index (χ3n) is 8.96. The second kappa shape index (κ2) is 10.4. The van der Waals surface area contributed by atoms with E-state index in [1.165, 1.54) is 60.1 Å². The van der Waals surface area contributed by atoms with E-state index in [0.29, 0.717) is 0 Å². The van der Waals surface area contributed by atoms with Crippen LogP contribution in [0.2, 0.25) is 0 Å². The Hall–Kier alpha value is -4.70. The minimum absolute atomic E-state index is 0.893. The fourth-order valence-electron chi connectivity index (χ4n) is 7.11. The molecule has 0 amide bonds. The molecule has 3 heteroatoms. The van der Waals surface area contributed by atoms with Crippen LogP contribution in [0.3, 0.4) is 0 Å². The quantitative estimate of drug-likeness (QED) is 0.167. The first kappa shape index (κ1) is 26.7. The Morgan fingerprint density at radius 3 is 1.67 bits per heavy atom. The van der Waals surface area contributed by atoms with Gasteiger partial charge in [0.25, 0.3) is 0 Å². The summed E-state index contributed by atoms with van der Waals surface area (Å²) in [5.41, 5.74) is 8.91. The van der Waals surface area contributed by atoms with Gasteiger partial charge in [0.15, 0.2) is 0 Å². The lowest BCUT2D eigenvalue weighted by atomic mass is 9.81. The van der Waals surface area contributed by atoms with Crippen molar-refractivity contribution in [1.82, 2.24) is 0 Å². The van der Waals surface area contributed by atoms with E-state index in [1.807, 2.05) is 6.07 Å². The van der Waals surface area contributed by atoms with Crippen molar-refractivity contribution < 1.29 is 4.42 Å². The lowest BCUT2D eigenvalue weighted by Crippen LogP contribution is -1.95. The minimum atomic E-state index is 0.893. The van der Waals surface area contributed by atoms with Crippen molar-refractivity contribution in [3.63, 3.8) is 0 Å². The number of para-hydroxylation sites is 1. The molecule has 8 aromatic carbocycles.